The molecule has 0 amide bonds. The largest absolute Gasteiger partial charge is 0.478 e. The molecule has 1 heterocycles. The molecule has 2 rings (SSSR count). The number of carboxylic acid groups (broad SMARTS) is 1. The van der Waals surface area contributed by atoms with E-state index in [1.807, 2.05) is 0 Å². The van der Waals surface area contributed by atoms with Crippen LogP contribution in [0.2, 0.25) is 0 Å². The number of nitrogens with zero attached hydrogens (tertiary/aromatic N) is 1. The summed E-state index contributed by atoms with van der Waals surface area (Å²) in [7, 11) is -3.85. The zero-order chi connectivity index (χ0) is 19.3. The highest BCUT2D eigenvalue weighted by molar-refractivity contribution is 7.89. The summed E-state index contributed by atoms with van der Waals surface area (Å²) < 4.78 is 40.3. The quantitative estimate of drug-likeness (QED) is 0.671. The third kappa shape index (κ3) is 5.75. The normalized spacial score (nSPS) is 21.7. The average molecular weight is 386 g/mol. The van der Waals surface area contributed by atoms with Crippen molar-refractivity contribution in [2.24, 2.45) is 11.8 Å². The van der Waals surface area contributed by atoms with Gasteiger partial charge in [0.15, 0.2) is 0 Å². The second-order valence-corrected chi connectivity index (χ2v) is 9.02. The third-order valence-corrected chi connectivity index (χ3v) is 6.07. The summed E-state index contributed by atoms with van der Waals surface area (Å²) >= 11 is 0. The molecule has 0 bridgehead atoms. The molecule has 2 N–H and O–H groups in total. The second-order valence-electron chi connectivity index (χ2n) is 7.26. The van der Waals surface area contributed by atoms with Gasteiger partial charge in [-0.1, -0.05) is 13.8 Å². The number of carboxylic acids is 1. The predicted octanol–water partition coefficient (Wildman–Crippen LogP) is 2.56. The van der Waals surface area contributed by atoms with Crippen LogP contribution in [0.15, 0.2) is 23.1 Å². The smallest absolute Gasteiger partial charge is 0.338 e. The molecular formula is C18H27FN2O4S. The summed E-state index contributed by atoms with van der Waals surface area (Å²) in [6.45, 7) is 7.89. The average Bonchev–Trinajstić information content (AvgIpc) is 2.53. The van der Waals surface area contributed by atoms with Crippen molar-refractivity contribution in [1.29, 1.82) is 0 Å². The fourth-order valence-corrected chi connectivity index (χ4v) is 4.66. The Hall–Kier alpha value is -1.51. The van der Waals surface area contributed by atoms with E-state index < -0.39 is 27.4 Å². The minimum atomic E-state index is -3.85. The van der Waals surface area contributed by atoms with Crippen LogP contribution in [0, 0.1) is 17.7 Å². The Morgan fingerprint density at radius 2 is 1.92 bits per heavy atom. The van der Waals surface area contributed by atoms with Gasteiger partial charge >= 0.3 is 5.97 Å². The number of hydrogen-bond donors (Lipinski definition) is 2. The highest BCUT2D eigenvalue weighted by atomic mass is 32.2. The van der Waals surface area contributed by atoms with Crippen molar-refractivity contribution in [1.82, 2.24) is 9.62 Å². The first-order chi connectivity index (χ1) is 12.2. The summed E-state index contributed by atoms with van der Waals surface area (Å²) in [5, 5.41) is 8.90. The van der Waals surface area contributed by atoms with Gasteiger partial charge in [-0.2, -0.15) is 0 Å². The first-order valence-corrected chi connectivity index (χ1v) is 10.4. The Balaban J connectivity index is 1.81. The van der Waals surface area contributed by atoms with Crippen LogP contribution in [0.25, 0.3) is 0 Å². The van der Waals surface area contributed by atoms with Crippen LogP contribution in [-0.4, -0.2) is 50.6 Å². The van der Waals surface area contributed by atoms with E-state index in [0.717, 1.165) is 44.3 Å². The van der Waals surface area contributed by atoms with E-state index >= 15 is 0 Å². The Kier molecular flexibility index (Phi) is 7.14. The van der Waals surface area contributed by atoms with Crippen molar-refractivity contribution in [2.45, 2.75) is 38.0 Å². The van der Waals surface area contributed by atoms with Gasteiger partial charge in [0, 0.05) is 19.6 Å². The molecule has 8 heteroatoms. The first kappa shape index (κ1) is 20.8. The molecule has 146 valence electrons. The zero-order valence-electron chi connectivity index (χ0n) is 15.2. The number of nitrogens with one attached hydrogen (secondary N) is 1. The topological polar surface area (TPSA) is 86.7 Å². The molecule has 1 aromatic rings. The first-order valence-electron chi connectivity index (χ1n) is 8.94. The van der Waals surface area contributed by atoms with Crippen LogP contribution in [0.1, 0.15) is 43.5 Å². The van der Waals surface area contributed by atoms with E-state index in [4.69, 9.17) is 5.11 Å². The number of piperidine rings is 1. The van der Waals surface area contributed by atoms with Gasteiger partial charge in [-0.15, -0.1) is 0 Å². The van der Waals surface area contributed by atoms with Crippen LogP contribution < -0.4 is 4.72 Å². The molecule has 1 fully saturated rings. The molecule has 0 unspecified atom stereocenters. The van der Waals surface area contributed by atoms with Gasteiger partial charge in [-0.25, -0.2) is 22.3 Å². The molecule has 0 aromatic heterocycles. The van der Waals surface area contributed by atoms with E-state index in [0.29, 0.717) is 18.3 Å². The fraction of sp³-hybridized carbons (Fsp3) is 0.611. The van der Waals surface area contributed by atoms with E-state index in [2.05, 4.69) is 23.5 Å². The number of halogens is 1. The van der Waals surface area contributed by atoms with Crippen LogP contribution in [0.3, 0.4) is 0 Å². The van der Waals surface area contributed by atoms with Gasteiger partial charge in [-0.05, 0) is 55.8 Å². The number of benzene rings is 1. The minimum absolute atomic E-state index is 0.241. The van der Waals surface area contributed by atoms with E-state index in [-0.39, 0.29) is 11.4 Å². The molecule has 2 atom stereocenters. The summed E-state index contributed by atoms with van der Waals surface area (Å²) in [5.41, 5.74) is -0.652. The lowest BCUT2D eigenvalue weighted by molar-refractivity contribution is 0.0691. The van der Waals surface area contributed by atoms with Crippen molar-refractivity contribution in [3.8, 4) is 0 Å². The Morgan fingerprint density at radius 1 is 1.27 bits per heavy atom. The van der Waals surface area contributed by atoms with Crippen LogP contribution >= 0.6 is 0 Å². The van der Waals surface area contributed by atoms with E-state index in [1.54, 1.807) is 0 Å². The van der Waals surface area contributed by atoms with Gasteiger partial charge in [0.25, 0.3) is 0 Å². The van der Waals surface area contributed by atoms with Crippen molar-refractivity contribution >= 4 is 16.0 Å². The number of rotatable bonds is 8. The van der Waals surface area contributed by atoms with Crippen molar-refractivity contribution < 1.29 is 22.7 Å². The number of carbonyl (C=O) groups is 1. The van der Waals surface area contributed by atoms with E-state index in [1.165, 1.54) is 6.42 Å². The molecule has 1 saturated heterocycles. The molecule has 0 saturated carbocycles. The highest BCUT2D eigenvalue weighted by Gasteiger charge is 2.21. The standard InChI is InChI=1S/C18H27FN2O4S/c1-13-9-14(2)12-21(11-13)8-4-3-7-20-26(24,25)15-5-6-17(19)16(10-15)18(22)23/h5-6,10,13-14,20H,3-4,7-9,11-12H2,1-2H3,(H,22,23)/t13-,14+. The highest BCUT2D eigenvalue weighted by Crippen LogP contribution is 2.21. The lowest BCUT2D eigenvalue weighted by Crippen LogP contribution is -2.39. The monoisotopic (exact) mass is 386 g/mol. The molecule has 26 heavy (non-hydrogen) atoms. The zero-order valence-corrected chi connectivity index (χ0v) is 16.1. The number of unbranched alkanes of at least 4 members (excludes halogenated alkanes) is 1. The number of likely N-dealkylation sites (tertiary alicyclic amines) is 1. The third-order valence-electron chi connectivity index (χ3n) is 4.62. The fourth-order valence-electron chi connectivity index (χ4n) is 3.56. The Bertz CT molecular complexity index is 729. The number of sulfonamides is 1. The maximum Gasteiger partial charge on any atom is 0.338 e. The molecule has 1 aromatic carbocycles. The van der Waals surface area contributed by atoms with Gasteiger partial charge in [0.2, 0.25) is 10.0 Å². The van der Waals surface area contributed by atoms with Gasteiger partial charge in [0.1, 0.15) is 5.82 Å². The Morgan fingerprint density at radius 3 is 2.54 bits per heavy atom. The van der Waals surface area contributed by atoms with Gasteiger partial charge in [-0.3, -0.25) is 0 Å². The minimum Gasteiger partial charge on any atom is -0.478 e. The van der Waals surface area contributed by atoms with Gasteiger partial charge in [0.05, 0.1) is 10.5 Å². The molecule has 0 aliphatic carbocycles. The molecule has 1 aliphatic rings. The number of aromatic carboxylic acids is 1. The summed E-state index contributed by atoms with van der Waals surface area (Å²) in [5.74, 6) is -1.07. The maximum atomic E-state index is 13.4. The second kappa shape index (κ2) is 8.92. The summed E-state index contributed by atoms with van der Waals surface area (Å²) in [4.78, 5) is 13.1. The SMILES string of the molecule is C[C@@H]1C[C@H](C)CN(CCCCNS(=O)(=O)c2ccc(F)c(C(=O)O)c2)C1. The molecule has 6 nitrogen and oxygen atoms in total. The molecule has 0 radical (unpaired) electrons. The van der Waals surface area contributed by atoms with Crippen molar-refractivity contribution in [3.63, 3.8) is 0 Å². The van der Waals surface area contributed by atoms with Crippen molar-refractivity contribution in [2.75, 3.05) is 26.2 Å². The molecule has 1 aliphatic heterocycles. The van der Waals surface area contributed by atoms with E-state index in [9.17, 15) is 17.6 Å². The Labute approximate surface area is 154 Å². The summed E-state index contributed by atoms with van der Waals surface area (Å²) in [6, 6.07) is 2.77. The molecular weight excluding hydrogens is 359 g/mol. The lowest BCUT2D eigenvalue weighted by atomic mass is 9.92. The lowest BCUT2D eigenvalue weighted by Gasteiger charge is -2.34. The van der Waals surface area contributed by atoms with Crippen LogP contribution in [-0.2, 0) is 10.0 Å². The van der Waals surface area contributed by atoms with Crippen LogP contribution in [0.4, 0.5) is 4.39 Å². The van der Waals surface area contributed by atoms with Crippen molar-refractivity contribution in [3.05, 3.63) is 29.6 Å². The molecule has 0 spiro atoms. The maximum absolute atomic E-state index is 13.4. The van der Waals surface area contributed by atoms with Crippen LogP contribution in [0.5, 0.6) is 0 Å². The van der Waals surface area contributed by atoms with Gasteiger partial charge < -0.3 is 10.0 Å². The number of hydrogen-bond acceptors (Lipinski definition) is 4. The predicted molar refractivity (Wildman–Crippen MR) is 97.2 cm³/mol. The summed E-state index contributed by atoms with van der Waals surface area (Å²) in [6.07, 6.45) is 2.82.